The number of hydrogen-bond acceptors (Lipinski definition) is 4. The van der Waals surface area contributed by atoms with Gasteiger partial charge in [0, 0.05) is 11.3 Å². The first kappa shape index (κ1) is 23.7. The van der Waals surface area contributed by atoms with Crippen LogP contribution in [0.5, 0.6) is 0 Å². The zero-order chi connectivity index (χ0) is 22.8. The Morgan fingerprint density at radius 3 is 2.00 bits per heavy atom. The Morgan fingerprint density at radius 2 is 1.34 bits per heavy atom. The van der Waals surface area contributed by atoms with Gasteiger partial charge in [0.2, 0.25) is 0 Å². The van der Waals surface area contributed by atoms with Crippen molar-refractivity contribution in [1.82, 2.24) is 0 Å². The fourth-order valence-corrected chi connectivity index (χ4v) is 4.00. The highest BCUT2D eigenvalue weighted by Gasteiger charge is 2.30. The van der Waals surface area contributed by atoms with Crippen LogP contribution in [-0.4, -0.2) is 17.8 Å². The van der Waals surface area contributed by atoms with Crippen LogP contribution in [-0.2, 0) is 11.2 Å². The lowest BCUT2D eigenvalue weighted by Crippen LogP contribution is -2.12. The number of ether oxygens (including phenoxy) is 1. The van der Waals surface area contributed by atoms with E-state index in [-0.39, 0.29) is 17.0 Å². The molecule has 0 fully saturated rings. The molecule has 1 N–H and O–H groups in total. The Hall–Kier alpha value is -2.95. The second-order valence-electron chi connectivity index (χ2n) is 8.52. The summed E-state index contributed by atoms with van der Waals surface area (Å²) in [5, 5.41) is 2.84. The summed E-state index contributed by atoms with van der Waals surface area (Å²) in [7, 11) is 0. The van der Waals surface area contributed by atoms with Crippen LogP contribution in [0.15, 0.2) is 42.5 Å². The molecule has 0 atom stereocenters. The highest BCUT2D eigenvalue weighted by molar-refractivity contribution is 6.16. The molecular formula is C27H33NO4. The lowest BCUT2D eigenvalue weighted by Gasteiger charge is -2.07. The third-order valence-electron chi connectivity index (χ3n) is 5.94. The summed E-state index contributed by atoms with van der Waals surface area (Å²) in [6.45, 7) is 2.25. The first-order valence-corrected chi connectivity index (χ1v) is 11.9. The second-order valence-corrected chi connectivity index (χ2v) is 8.52. The molecule has 1 aliphatic heterocycles. The largest absolute Gasteiger partial charge is 0.386 e. The Morgan fingerprint density at radius 1 is 0.750 bits per heavy atom. The Labute approximate surface area is 190 Å². The summed E-state index contributed by atoms with van der Waals surface area (Å²) in [6, 6.07) is 12.3. The first-order valence-electron chi connectivity index (χ1n) is 11.9. The van der Waals surface area contributed by atoms with Gasteiger partial charge in [0.05, 0.1) is 11.1 Å². The molecule has 0 aromatic heterocycles. The van der Waals surface area contributed by atoms with E-state index in [1.165, 1.54) is 88.0 Å². The van der Waals surface area contributed by atoms with Crippen LogP contribution in [0.4, 0.5) is 5.69 Å². The van der Waals surface area contributed by atoms with E-state index in [2.05, 4.69) is 17.0 Å². The molecule has 170 valence electrons. The zero-order valence-corrected chi connectivity index (χ0v) is 19.0. The molecule has 0 saturated carbocycles. The Balaban J connectivity index is 1.37. The number of hydrogen-bond donors (Lipinski definition) is 1. The third kappa shape index (κ3) is 6.78. The third-order valence-corrected chi connectivity index (χ3v) is 5.94. The fraction of sp³-hybridized carbons (Fsp3) is 0.444. The van der Waals surface area contributed by atoms with Gasteiger partial charge < -0.3 is 10.1 Å². The number of nitrogens with one attached hydrogen (secondary N) is 1. The van der Waals surface area contributed by atoms with Crippen molar-refractivity contribution in [2.24, 2.45) is 0 Å². The van der Waals surface area contributed by atoms with Crippen LogP contribution in [0.1, 0.15) is 108 Å². The van der Waals surface area contributed by atoms with Gasteiger partial charge in [0.1, 0.15) is 0 Å². The van der Waals surface area contributed by atoms with Gasteiger partial charge >= 0.3 is 11.9 Å². The minimum atomic E-state index is -0.712. The number of amides is 1. The number of unbranched alkanes of at least 4 members (excludes halogenated alkanes) is 9. The highest BCUT2D eigenvalue weighted by Crippen LogP contribution is 2.22. The van der Waals surface area contributed by atoms with E-state index in [1.54, 1.807) is 0 Å². The van der Waals surface area contributed by atoms with Crippen LogP contribution in [0.25, 0.3) is 0 Å². The van der Waals surface area contributed by atoms with Crippen LogP contribution in [0.3, 0.4) is 0 Å². The van der Waals surface area contributed by atoms with Crippen LogP contribution in [0.2, 0.25) is 0 Å². The summed E-state index contributed by atoms with van der Waals surface area (Å²) >= 11 is 0. The number of benzene rings is 2. The van der Waals surface area contributed by atoms with Crippen molar-refractivity contribution in [3.05, 3.63) is 64.7 Å². The molecule has 2 aromatic rings. The topological polar surface area (TPSA) is 72.5 Å². The Bertz CT molecular complexity index is 933. The molecule has 1 heterocycles. The lowest BCUT2D eigenvalue weighted by molar-refractivity contribution is 0.0443. The van der Waals surface area contributed by atoms with E-state index >= 15 is 0 Å². The van der Waals surface area contributed by atoms with Crippen molar-refractivity contribution >= 4 is 23.5 Å². The van der Waals surface area contributed by atoms with E-state index in [1.807, 2.05) is 24.3 Å². The van der Waals surface area contributed by atoms with Crippen LogP contribution in [0, 0.1) is 0 Å². The monoisotopic (exact) mass is 435 g/mol. The molecule has 2 aromatic carbocycles. The summed E-state index contributed by atoms with van der Waals surface area (Å²) in [4.78, 5) is 35.7. The minimum Gasteiger partial charge on any atom is -0.386 e. The van der Waals surface area contributed by atoms with Gasteiger partial charge in [-0.2, -0.15) is 0 Å². The number of carbonyl (C=O) groups is 3. The molecule has 0 spiro atoms. The Kier molecular flexibility index (Phi) is 9.02. The first-order chi connectivity index (χ1) is 15.6. The van der Waals surface area contributed by atoms with Crippen LogP contribution >= 0.6 is 0 Å². The van der Waals surface area contributed by atoms with Gasteiger partial charge in [-0.3, -0.25) is 4.79 Å². The van der Waals surface area contributed by atoms with Gasteiger partial charge in [-0.1, -0.05) is 76.8 Å². The van der Waals surface area contributed by atoms with E-state index < -0.39 is 11.9 Å². The minimum absolute atomic E-state index is 0.134. The summed E-state index contributed by atoms with van der Waals surface area (Å²) in [5.74, 6) is -1.71. The molecule has 3 rings (SSSR count). The normalized spacial score (nSPS) is 12.5. The molecule has 1 amide bonds. The molecule has 0 unspecified atom stereocenters. The predicted molar refractivity (Wildman–Crippen MR) is 126 cm³/mol. The maximum Gasteiger partial charge on any atom is 0.346 e. The smallest absolute Gasteiger partial charge is 0.346 e. The van der Waals surface area contributed by atoms with Crippen molar-refractivity contribution in [1.29, 1.82) is 0 Å². The second kappa shape index (κ2) is 12.2. The summed E-state index contributed by atoms with van der Waals surface area (Å²) in [6.07, 6.45) is 14.3. The number of cyclic esters (lactones) is 2. The molecule has 0 bridgehead atoms. The van der Waals surface area contributed by atoms with E-state index in [9.17, 15) is 14.4 Å². The standard InChI is InChI=1S/C27H33NO4/c1-2-3-4-5-6-7-8-9-10-11-12-20-13-16-22(17-14-20)28-25(29)21-15-18-23-24(19-21)27(31)32-26(23)30/h13-19H,2-12H2,1H3,(H,28,29). The van der Waals surface area contributed by atoms with Gasteiger partial charge in [0.15, 0.2) is 0 Å². The molecule has 0 radical (unpaired) electrons. The summed E-state index contributed by atoms with van der Waals surface area (Å²) < 4.78 is 4.57. The van der Waals surface area contributed by atoms with Crippen molar-refractivity contribution in [3.63, 3.8) is 0 Å². The van der Waals surface area contributed by atoms with Crippen molar-refractivity contribution < 1.29 is 19.1 Å². The average molecular weight is 436 g/mol. The molecule has 0 saturated heterocycles. The quantitative estimate of drug-likeness (QED) is 0.215. The molecule has 0 aliphatic carbocycles. The highest BCUT2D eigenvalue weighted by atomic mass is 16.6. The fourth-order valence-electron chi connectivity index (χ4n) is 4.00. The number of anilines is 1. The number of aryl methyl sites for hydroxylation is 1. The van der Waals surface area contributed by atoms with E-state index in [4.69, 9.17) is 0 Å². The van der Waals surface area contributed by atoms with Gasteiger partial charge in [-0.15, -0.1) is 0 Å². The number of rotatable bonds is 13. The molecule has 32 heavy (non-hydrogen) atoms. The van der Waals surface area contributed by atoms with Crippen LogP contribution < -0.4 is 5.32 Å². The number of esters is 2. The van der Waals surface area contributed by atoms with Gasteiger partial charge in [-0.25, -0.2) is 9.59 Å². The molecule has 5 nitrogen and oxygen atoms in total. The average Bonchev–Trinajstić information content (AvgIpc) is 3.09. The lowest BCUT2D eigenvalue weighted by atomic mass is 10.0. The number of carbonyl (C=O) groups excluding carboxylic acids is 3. The SMILES string of the molecule is CCCCCCCCCCCCc1ccc(NC(=O)c2ccc3c(c2)C(=O)OC3=O)cc1. The maximum absolute atomic E-state index is 12.5. The molecule has 5 heteroatoms. The summed E-state index contributed by atoms with van der Waals surface area (Å²) in [5.41, 5.74) is 2.60. The van der Waals surface area contributed by atoms with Gasteiger partial charge in [0.25, 0.3) is 5.91 Å². The van der Waals surface area contributed by atoms with E-state index in [0.717, 1.165) is 6.42 Å². The zero-order valence-electron chi connectivity index (χ0n) is 19.0. The van der Waals surface area contributed by atoms with E-state index in [0.29, 0.717) is 11.3 Å². The van der Waals surface area contributed by atoms with Crippen molar-refractivity contribution in [3.8, 4) is 0 Å². The predicted octanol–water partition coefficient (Wildman–Crippen LogP) is 6.71. The van der Waals surface area contributed by atoms with Crippen molar-refractivity contribution in [2.45, 2.75) is 77.6 Å². The van der Waals surface area contributed by atoms with Crippen molar-refractivity contribution in [2.75, 3.05) is 5.32 Å². The maximum atomic E-state index is 12.5. The molecular weight excluding hydrogens is 402 g/mol. The van der Waals surface area contributed by atoms with Gasteiger partial charge in [-0.05, 0) is 48.7 Å². The number of fused-ring (bicyclic) bond motifs is 1. The molecule has 1 aliphatic rings.